The van der Waals surface area contributed by atoms with Gasteiger partial charge in [0.05, 0.1) is 12.8 Å². The van der Waals surface area contributed by atoms with Crippen LogP contribution in [0, 0.1) is 0 Å². The van der Waals surface area contributed by atoms with Crippen LogP contribution in [-0.4, -0.2) is 32.5 Å². The van der Waals surface area contributed by atoms with Crippen molar-refractivity contribution in [2.45, 2.75) is 38.2 Å². The lowest BCUT2D eigenvalue weighted by molar-refractivity contribution is 0.0116. The van der Waals surface area contributed by atoms with Gasteiger partial charge in [0.2, 0.25) is 0 Å². The monoisotopic (exact) mass is 189 g/mol. The molecule has 0 aromatic rings. The number of hydrogen-bond donors (Lipinski definition) is 1. The van der Waals surface area contributed by atoms with Gasteiger partial charge in [-0.3, -0.25) is 4.39 Å². The van der Waals surface area contributed by atoms with Gasteiger partial charge in [-0.05, 0) is 45.2 Å². The van der Waals surface area contributed by atoms with Crippen LogP contribution in [0.1, 0.15) is 32.1 Å². The van der Waals surface area contributed by atoms with Crippen LogP contribution in [0.3, 0.4) is 0 Å². The van der Waals surface area contributed by atoms with Crippen molar-refractivity contribution in [1.82, 2.24) is 5.32 Å². The molecule has 0 amide bonds. The number of ether oxygens (including phenoxy) is 1. The standard InChI is InChI=1S/C10H20FNO/c11-6-3-7-12-8-5-10-4-1-2-9-13-10/h10,12H,1-9H2. The molecule has 13 heavy (non-hydrogen) atoms. The van der Waals surface area contributed by atoms with Gasteiger partial charge in [0, 0.05) is 6.61 Å². The largest absolute Gasteiger partial charge is 0.378 e. The third-order valence-electron chi connectivity index (χ3n) is 2.40. The maximum absolute atomic E-state index is 11.7. The van der Waals surface area contributed by atoms with E-state index < -0.39 is 0 Å². The summed E-state index contributed by atoms with van der Waals surface area (Å²) in [6.45, 7) is 2.47. The molecule has 1 atom stereocenters. The molecule has 1 saturated heterocycles. The molecular weight excluding hydrogens is 169 g/mol. The Hall–Kier alpha value is -0.150. The van der Waals surface area contributed by atoms with Crippen LogP contribution in [0.5, 0.6) is 0 Å². The predicted octanol–water partition coefficient (Wildman–Crippen LogP) is 1.89. The summed E-state index contributed by atoms with van der Waals surface area (Å²) in [5.74, 6) is 0. The summed E-state index contributed by atoms with van der Waals surface area (Å²) < 4.78 is 17.3. The fraction of sp³-hybridized carbons (Fsp3) is 1.00. The molecule has 1 heterocycles. The number of hydrogen-bond acceptors (Lipinski definition) is 2. The summed E-state index contributed by atoms with van der Waals surface area (Å²) in [7, 11) is 0. The lowest BCUT2D eigenvalue weighted by Crippen LogP contribution is -2.26. The molecule has 0 saturated carbocycles. The SMILES string of the molecule is FCCCNCCC1CCCCO1. The molecule has 0 spiro atoms. The van der Waals surface area contributed by atoms with Crippen molar-refractivity contribution < 1.29 is 9.13 Å². The number of rotatable bonds is 6. The Morgan fingerprint density at radius 1 is 1.31 bits per heavy atom. The zero-order valence-electron chi connectivity index (χ0n) is 8.23. The summed E-state index contributed by atoms with van der Waals surface area (Å²) in [4.78, 5) is 0. The van der Waals surface area contributed by atoms with Crippen molar-refractivity contribution in [2.75, 3.05) is 26.4 Å². The van der Waals surface area contributed by atoms with Gasteiger partial charge in [0.1, 0.15) is 0 Å². The van der Waals surface area contributed by atoms with Crippen LogP contribution in [0.15, 0.2) is 0 Å². The van der Waals surface area contributed by atoms with Crippen molar-refractivity contribution in [3.8, 4) is 0 Å². The number of alkyl halides is 1. The Morgan fingerprint density at radius 3 is 2.92 bits per heavy atom. The Morgan fingerprint density at radius 2 is 2.23 bits per heavy atom. The van der Waals surface area contributed by atoms with Crippen LogP contribution in [0.4, 0.5) is 4.39 Å². The highest BCUT2D eigenvalue weighted by Crippen LogP contribution is 2.14. The van der Waals surface area contributed by atoms with E-state index in [1.165, 1.54) is 19.3 Å². The van der Waals surface area contributed by atoms with Gasteiger partial charge in [0.15, 0.2) is 0 Å². The van der Waals surface area contributed by atoms with Gasteiger partial charge < -0.3 is 10.1 Å². The molecule has 1 fully saturated rings. The highest BCUT2D eigenvalue weighted by Gasteiger charge is 2.12. The maximum atomic E-state index is 11.7. The van der Waals surface area contributed by atoms with E-state index in [0.717, 1.165) is 26.1 Å². The van der Waals surface area contributed by atoms with Gasteiger partial charge in [-0.1, -0.05) is 0 Å². The molecule has 1 N–H and O–H groups in total. The number of halogens is 1. The van der Waals surface area contributed by atoms with Crippen molar-refractivity contribution >= 4 is 0 Å². The van der Waals surface area contributed by atoms with Gasteiger partial charge in [0.25, 0.3) is 0 Å². The molecule has 0 radical (unpaired) electrons. The topological polar surface area (TPSA) is 21.3 Å². The van der Waals surface area contributed by atoms with E-state index in [4.69, 9.17) is 4.74 Å². The van der Waals surface area contributed by atoms with Crippen molar-refractivity contribution in [2.24, 2.45) is 0 Å². The first-order valence-corrected chi connectivity index (χ1v) is 5.32. The highest BCUT2D eigenvalue weighted by atomic mass is 19.1. The second-order valence-corrected chi connectivity index (χ2v) is 3.57. The average Bonchev–Trinajstić information content (AvgIpc) is 2.19. The van der Waals surface area contributed by atoms with E-state index in [0.29, 0.717) is 12.5 Å². The second-order valence-electron chi connectivity index (χ2n) is 3.57. The van der Waals surface area contributed by atoms with E-state index in [1.807, 2.05) is 0 Å². The first-order valence-electron chi connectivity index (χ1n) is 5.32. The minimum absolute atomic E-state index is 0.215. The zero-order valence-corrected chi connectivity index (χ0v) is 8.23. The Kier molecular flexibility index (Phi) is 6.11. The molecule has 1 rings (SSSR count). The molecule has 2 nitrogen and oxygen atoms in total. The van der Waals surface area contributed by atoms with Crippen LogP contribution in [0.2, 0.25) is 0 Å². The first kappa shape index (κ1) is 10.9. The van der Waals surface area contributed by atoms with E-state index in [1.54, 1.807) is 0 Å². The lowest BCUT2D eigenvalue weighted by atomic mass is 10.1. The molecule has 0 bridgehead atoms. The minimum atomic E-state index is -0.215. The van der Waals surface area contributed by atoms with Crippen molar-refractivity contribution in [1.29, 1.82) is 0 Å². The molecule has 78 valence electrons. The van der Waals surface area contributed by atoms with Crippen molar-refractivity contribution in [3.63, 3.8) is 0 Å². The van der Waals surface area contributed by atoms with Crippen LogP contribution in [-0.2, 0) is 4.74 Å². The molecule has 3 heteroatoms. The van der Waals surface area contributed by atoms with Crippen LogP contribution in [0.25, 0.3) is 0 Å². The lowest BCUT2D eigenvalue weighted by Gasteiger charge is -2.22. The Balaban J connectivity index is 1.86. The van der Waals surface area contributed by atoms with Gasteiger partial charge in [-0.25, -0.2) is 0 Å². The summed E-state index contributed by atoms with van der Waals surface area (Å²) in [6, 6.07) is 0. The smallest absolute Gasteiger partial charge is 0.0906 e. The molecule has 0 aromatic carbocycles. The van der Waals surface area contributed by atoms with E-state index in [2.05, 4.69) is 5.32 Å². The fourth-order valence-electron chi connectivity index (χ4n) is 1.61. The quantitative estimate of drug-likeness (QED) is 0.644. The average molecular weight is 189 g/mol. The van der Waals surface area contributed by atoms with Crippen molar-refractivity contribution in [3.05, 3.63) is 0 Å². The van der Waals surface area contributed by atoms with Crippen LogP contribution < -0.4 is 5.32 Å². The molecule has 1 unspecified atom stereocenters. The van der Waals surface area contributed by atoms with E-state index in [9.17, 15) is 4.39 Å². The van der Waals surface area contributed by atoms with Crippen LogP contribution >= 0.6 is 0 Å². The minimum Gasteiger partial charge on any atom is -0.378 e. The van der Waals surface area contributed by atoms with E-state index in [-0.39, 0.29) is 6.67 Å². The molecule has 1 aliphatic heterocycles. The fourth-order valence-corrected chi connectivity index (χ4v) is 1.61. The van der Waals surface area contributed by atoms with Gasteiger partial charge in [-0.2, -0.15) is 0 Å². The Bertz CT molecular complexity index is 115. The third-order valence-corrected chi connectivity index (χ3v) is 2.40. The molecular formula is C10H20FNO. The maximum Gasteiger partial charge on any atom is 0.0906 e. The summed E-state index contributed by atoms with van der Waals surface area (Å²) in [6.07, 6.45) is 5.87. The third kappa shape index (κ3) is 5.21. The normalized spacial score (nSPS) is 23.3. The summed E-state index contributed by atoms with van der Waals surface area (Å²) in [5.41, 5.74) is 0. The molecule has 0 aliphatic carbocycles. The molecule has 0 aromatic heterocycles. The highest BCUT2D eigenvalue weighted by molar-refractivity contribution is 4.64. The van der Waals surface area contributed by atoms with Gasteiger partial charge >= 0.3 is 0 Å². The molecule has 1 aliphatic rings. The summed E-state index contributed by atoms with van der Waals surface area (Å²) in [5, 5.41) is 3.21. The first-order chi connectivity index (χ1) is 6.43. The summed E-state index contributed by atoms with van der Waals surface area (Å²) >= 11 is 0. The second kappa shape index (κ2) is 7.27. The zero-order chi connectivity index (χ0) is 9.36. The Labute approximate surface area is 79.8 Å². The van der Waals surface area contributed by atoms with E-state index >= 15 is 0 Å². The number of nitrogens with one attached hydrogen (secondary N) is 1. The predicted molar refractivity (Wildman–Crippen MR) is 51.7 cm³/mol. The van der Waals surface area contributed by atoms with Gasteiger partial charge in [-0.15, -0.1) is 0 Å².